The molecule has 60 valence electrons. The highest BCUT2D eigenvalue weighted by Gasteiger charge is 2.13. The lowest BCUT2D eigenvalue weighted by molar-refractivity contribution is 0.115. The van der Waals surface area contributed by atoms with Crippen molar-refractivity contribution in [3.8, 4) is 0 Å². The lowest BCUT2D eigenvalue weighted by Crippen LogP contribution is -2.42. The van der Waals surface area contributed by atoms with Crippen molar-refractivity contribution in [2.45, 2.75) is 19.4 Å². The minimum absolute atomic E-state index is 0.243. The maximum absolute atomic E-state index is 11.8. The molecule has 0 aliphatic rings. The Morgan fingerprint density at radius 3 is 2.30 bits per heavy atom. The lowest BCUT2D eigenvalue weighted by atomic mass is 10.4. The molecule has 0 saturated carbocycles. The molecule has 1 unspecified atom stereocenters. The van der Waals surface area contributed by atoms with Crippen LogP contribution in [-0.2, 0) is 0 Å². The fourth-order valence-electron chi connectivity index (χ4n) is 0.342. The smallest absolute Gasteiger partial charge is 0.258 e. The van der Waals surface area contributed by atoms with Crippen molar-refractivity contribution in [3.05, 3.63) is 0 Å². The second kappa shape index (κ2) is 4.38. The van der Waals surface area contributed by atoms with Gasteiger partial charge in [0.2, 0.25) is 0 Å². The third-order valence-electron chi connectivity index (χ3n) is 0.964. The van der Waals surface area contributed by atoms with Crippen molar-refractivity contribution in [2.75, 3.05) is 7.05 Å². The van der Waals surface area contributed by atoms with Crippen LogP contribution in [0.3, 0.4) is 0 Å². The fraction of sp³-hybridized carbons (Fsp3) is 0.800. The summed E-state index contributed by atoms with van der Waals surface area (Å²) in [6.45, 7) is 1.37. The van der Waals surface area contributed by atoms with Crippen LogP contribution in [0.2, 0.25) is 0 Å². The molecule has 0 aromatic heterocycles. The van der Waals surface area contributed by atoms with Crippen molar-refractivity contribution in [1.82, 2.24) is 10.6 Å². The maximum Gasteiger partial charge on any atom is 0.258 e. The number of rotatable bonds is 2. The van der Waals surface area contributed by atoms with Crippen LogP contribution in [-0.4, -0.2) is 24.6 Å². The monoisotopic (exact) mass is 168 g/mol. The third kappa shape index (κ3) is 3.55. The molecular formula is C5H10F2N2S. The Bertz CT molecular complexity index is 118. The molecule has 0 heterocycles. The van der Waals surface area contributed by atoms with E-state index < -0.39 is 12.5 Å². The zero-order valence-corrected chi connectivity index (χ0v) is 6.64. The number of nitrogens with one attached hydrogen (secondary N) is 2. The molecule has 0 aromatic rings. The minimum atomic E-state index is -2.38. The molecular weight excluding hydrogens is 158 g/mol. The van der Waals surface area contributed by atoms with Gasteiger partial charge in [0.25, 0.3) is 6.43 Å². The van der Waals surface area contributed by atoms with Crippen molar-refractivity contribution < 1.29 is 8.78 Å². The lowest BCUT2D eigenvalue weighted by Gasteiger charge is -2.13. The van der Waals surface area contributed by atoms with Gasteiger partial charge >= 0.3 is 0 Å². The topological polar surface area (TPSA) is 24.1 Å². The van der Waals surface area contributed by atoms with E-state index in [0.29, 0.717) is 0 Å². The van der Waals surface area contributed by atoms with Crippen LogP contribution in [0.25, 0.3) is 0 Å². The molecule has 1 atom stereocenters. The van der Waals surface area contributed by atoms with Crippen molar-refractivity contribution in [2.24, 2.45) is 0 Å². The largest absolute Gasteiger partial charge is 0.366 e. The predicted octanol–water partition coefficient (Wildman–Crippen LogP) is 0.734. The minimum Gasteiger partial charge on any atom is -0.366 e. The van der Waals surface area contributed by atoms with E-state index in [4.69, 9.17) is 0 Å². The number of thiocarbonyl (C=S) groups is 1. The average Bonchev–Trinajstić information content (AvgIpc) is 1.87. The Morgan fingerprint density at radius 2 is 2.00 bits per heavy atom. The van der Waals surface area contributed by atoms with Gasteiger partial charge in [-0.3, -0.25) is 0 Å². The molecule has 0 aromatic carbocycles. The molecule has 0 saturated heterocycles. The number of hydrogen-bond donors (Lipinski definition) is 2. The summed E-state index contributed by atoms with van der Waals surface area (Å²) in [4.78, 5) is 0. The van der Waals surface area contributed by atoms with Crippen LogP contribution in [0.5, 0.6) is 0 Å². The molecule has 0 aliphatic carbocycles. The molecule has 0 spiro atoms. The van der Waals surface area contributed by atoms with Crippen LogP contribution in [0.4, 0.5) is 8.78 Å². The zero-order valence-electron chi connectivity index (χ0n) is 5.82. The Morgan fingerprint density at radius 1 is 1.50 bits per heavy atom. The maximum atomic E-state index is 11.8. The summed E-state index contributed by atoms with van der Waals surface area (Å²) in [7, 11) is 1.58. The SMILES string of the molecule is CNC(=S)NC(C)C(F)F. The fourth-order valence-corrected chi connectivity index (χ4v) is 0.528. The second-order valence-electron chi connectivity index (χ2n) is 1.85. The molecule has 2 N–H and O–H groups in total. The molecule has 0 amide bonds. The van der Waals surface area contributed by atoms with Gasteiger partial charge in [-0.2, -0.15) is 0 Å². The van der Waals surface area contributed by atoms with E-state index in [9.17, 15) is 8.78 Å². The van der Waals surface area contributed by atoms with E-state index in [1.54, 1.807) is 7.05 Å². The summed E-state index contributed by atoms with van der Waals surface area (Å²) in [6.07, 6.45) is -2.38. The highest BCUT2D eigenvalue weighted by molar-refractivity contribution is 7.80. The summed E-state index contributed by atoms with van der Waals surface area (Å²) >= 11 is 4.60. The van der Waals surface area contributed by atoms with Gasteiger partial charge in [-0.15, -0.1) is 0 Å². The summed E-state index contributed by atoms with van der Waals surface area (Å²) in [6, 6.07) is -0.889. The molecule has 2 nitrogen and oxygen atoms in total. The van der Waals surface area contributed by atoms with Crippen molar-refractivity contribution in [3.63, 3.8) is 0 Å². The number of alkyl halides is 2. The van der Waals surface area contributed by atoms with E-state index in [-0.39, 0.29) is 5.11 Å². The first-order valence-corrected chi connectivity index (χ1v) is 3.25. The molecule has 0 fully saturated rings. The highest BCUT2D eigenvalue weighted by atomic mass is 32.1. The van der Waals surface area contributed by atoms with Crippen molar-refractivity contribution in [1.29, 1.82) is 0 Å². The first-order chi connectivity index (χ1) is 4.57. The van der Waals surface area contributed by atoms with Gasteiger partial charge in [-0.1, -0.05) is 0 Å². The van der Waals surface area contributed by atoms with Gasteiger partial charge < -0.3 is 10.6 Å². The van der Waals surface area contributed by atoms with Crippen LogP contribution < -0.4 is 10.6 Å². The molecule has 0 aliphatic heterocycles. The van der Waals surface area contributed by atoms with E-state index in [1.807, 2.05) is 0 Å². The second-order valence-corrected chi connectivity index (χ2v) is 2.25. The van der Waals surface area contributed by atoms with Gasteiger partial charge in [0, 0.05) is 7.05 Å². The van der Waals surface area contributed by atoms with E-state index in [1.165, 1.54) is 6.92 Å². The summed E-state index contributed by atoms with van der Waals surface area (Å²) < 4.78 is 23.6. The van der Waals surface area contributed by atoms with Gasteiger partial charge in [-0.05, 0) is 19.1 Å². The molecule has 0 rings (SSSR count). The Labute approximate surface area is 64.0 Å². The van der Waals surface area contributed by atoms with Gasteiger partial charge in [0.1, 0.15) is 0 Å². The summed E-state index contributed by atoms with van der Waals surface area (Å²) in [5.41, 5.74) is 0. The quantitative estimate of drug-likeness (QED) is 0.594. The Hall–Kier alpha value is -0.450. The van der Waals surface area contributed by atoms with Crippen molar-refractivity contribution >= 4 is 17.3 Å². The zero-order chi connectivity index (χ0) is 8.15. The molecule has 5 heteroatoms. The Kier molecular flexibility index (Phi) is 4.18. The average molecular weight is 168 g/mol. The first kappa shape index (κ1) is 9.55. The van der Waals surface area contributed by atoms with Crippen LogP contribution in [0.1, 0.15) is 6.92 Å². The first-order valence-electron chi connectivity index (χ1n) is 2.84. The third-order valence-corrected chi connectivity index (χ3v) is 1.29. The predicted molar refractivity (Wildman–Crippen MR) is 40.3 cm³/mol. The molecule has 0 bridgehead atoms. The Balaban J connectivity index is 3.57. The number of hydrogen-bond acceptors (Lipinski definition) is 1. The summed E-state index contributed by atoms with van der Waals surface area (Å²) in [5, 5.41) is 5.18. The van der Waals surface area contributed by atoms with E-state index in [0.717, 1.165) is 0 Å². The van der Waals surface area contributed by atoms with Crippen LogP contribution in [0, 0.1) is 0 Å². The van der Waals surface area contributed by atoms with Crippen LogP contribution in [0.15, 0.2) is 0 Å². The van der Waals surface area contributed by atoms with E-state index >= 15 is 0 Å². The van der Waals surface area contributed by atoms with Crippen LogP contribution >= 0.6 is 12.2 Å². The van der Waals surface area contributed by atoms with Gasteiger partial charge in [0.05, 0.1) is 6.04 Å². The van der Waals surface area contributed by atoms with Gasteiger partial charge in [-0.25, -0.2) is 8.78 Å². The molecule has 10 heavy (non-hydrogen) atoms. The molecule has 0 radical (unpaired) electrons. The normalized spacial score (nSPS) is 12.9. The van der Waals surface area contributed by atoms with Gasteiger partial charge in [0.15, 0.2) is 5.11 Å². The standard InChI is InChI=1S/C5H10F2N2S/c1-3(4(6)7)9-5(10)8-2/h3-4H,1-2H3,(H2,8,9,10). The summed E-state index contributed by atoms with van der Waals surface area (Å²) in [5.74, 6) is 0. The van der Waals surface area contributed by atoms with E-state index in [2.05, 4.69) is 22.9 Å². The highest BCUT2D eigenvalue weighted by Crippen LogP contribution is 1.98. The number of halogens is 2.